The quantitative estimate of drug-likeness (QED) is 0.815. The second-order valence-electron chi connectivity index (χ2n) is 5.08. The van der Waals surface area contributed by atoms with E-state index in [0.29, 0.717) is 11.0 Å². The van der Waals surface area contributed by atoms with Crippen LogP contribution < -0.4 is 10.5 Å². The van der Waals surface area contributed by atoms with Crippen LogP contribution in [0.1, 0.15) is 25.7 Å². The highest BCUT2D eigenvalue weighted by Crippen LogP contribution is 2.26. The number of hydrogen-bond acceptors (Lipinski definition) is 3. The summed E-state index contributed by atoms with van der Waals surface area (Å²) < 4.78 is 41.5. The zero-order chi connectivity index (χ0) is 14.8. The molecule has 0 aliphatic heterocycles. The molecule has 1 aromatic rings. The van der Waals surface area contributed by atoms with Crippen LogP contribution in [-0.2, 0) is 10.0 Å². The molecule has 1 aliphatic rings. The fourth-order valence-corrected chi connectivity index (χ4v) is 4.33. The van der Waals surface area contributed by atoms with E-state index < -0.39 is 15.8 Å². The topological polar surface area (TPSA) is 72.2 Å². The molecular weight excluding hydrogens is 383 g/mol. The maximum Gasteiger partial charge on any atom is 0.243 e. The molecule has 3 N–H and O–H groups in total. The van der Waals surface area contributed by atoms with Gasteiger partial charge in [0.15, 0.2) is 0 Å². The van der Waals surface area contributed by atoms with Gasteiger partial charge in [0.2, 0.25) is 10.0 Å². The van der Waals surface area contributed by atoms with Crippen LogP contribution >= 0.6 is 28.3 Å². The number of halogens is 3. The van der Waals surface area contributed by atoms with Gasteiger partial charge in [0.05, 0.1) is 0 Å². The molecule has 0 spiro atoms. The summed E-state index contributed by atoms with van der Waals surface area (Å²) in [6.07, 6.45) is 3.69. The second-order valence-corrected chi connectivity index (χ2v) is 7.68. The van der Waals surface area contributed by atoms with Crippen molar-refractivity contribution in [1.82, 2.24) is 4.72 Å². The zero-order valence-corrected chi connectivity index (χ0v) is 14.6. The molecule has 1 saturated carbocycles. The normalized spacial score (nSPS) is 22.6. The SMILES string of the molecule is Cl.NCC1CCCCC1NS(=O)(=O)c1ccc(Br)cc1F. The number of nitrogens with one attached hydrogen (secondary N) is 1. The summed E-state index contributed by atoms with van der Waals surface area (Å²) in [6.45, 7) is 0.440. The van der Waals surface area contributed by atoms with Crippen LogP contribution in [-0.4, -0.2) is 21.0 Å². The molecule has 0 heterocycles. The first kappa shape index (κ1) is 18.8. The molecule has 120 valence electrons. The van der Waals surface area contributed by atoms with Crippen LogP contribution in [0, 0.1) is 11.7 Å². The highest BCUT2D eigenvalue weighted by molar-refractivity contribution is 9.10. The minimum atomic E-state index is -3.85. The fourth-order valence-electron chi connectivity index (χ4n) is 2.60. The predicted octanol–water partition coefficient (Wildman–Crippen LogP) is 2.81. The molecule has 4 nitrogen and oxygen atoms in total. The van der Waals surface area contributed by atoms with Gasteiger partial charge >= 0.3 is 0 Å². The van der Waals surface area contributed by atoms with Crippen molar-refractivity contribution in [1.29, 1.82) is 0 Å². The van der Waals surface area contributed by atoms with Crippen molar-refractivity contribution in [3.63, 3.8) is 0 Å². The van der Waals surface area contributed by atoms with Gasteiger partial charge in [-0.05, 0) is 43.5 Å². The molecule has 8 heteroatoms. The minimum absolute atomic E-state index is 0. The van der Waals surface area contributed by atoms with E-state index in [9.17, 15) is 12.8 Å². The van der Waals surface area contributed by atoms with E-state index in [2.05, 4.69) is 20.7 Å². The van der Waals surface area contributed by atoms with Crippen LogP contribution in [0.5, 0.6) is 0 Å². The maximum absolute atomic E-state index is 13.8. The fraction of sp³-hybridized carbons (Fsp3) is 0.538. The van der Waals surface area contributed by atoms with Gasteiger partial charge in [0, 0.05) is 10.5 Å². The van der Waals surface area contributed by atoms with Crippen molar-refractivity contribution < 1.29 is 12.8 Å². The third kappa shape index (κ3) is 4.63. The maximum atomic E-state index is 13.8. The first-order valence-electron chi connectivity index (χ1n) is 6.61. The molecule has 0 amide bonds. The molecule has 2 unspecified atom stereocenters. The van der Waals surface area contributed by atoms with Crippen LogP contribution in [0.25, 0.3) is 0 Å². The summed E-state index contributed by atoms with van der Waals surface area (Å²) >= 11 is 3.11. The van der Waals surface area contributed by atoms with Crippen LogP contribution in [0.3, 0.4) is 0 Å². The number of nitrogens with two attached hydrogens (primary N) is 1. The average Bonchev–Trinajstić information content (AvgIpc) is 2.38. The second kappa shape index (κ2) is 7.87. The van der Waals surface area contributed by atoms with Crippen LogP contribution in [0.2, 0.25) is 0 Å². The molecule has 2 atom stereocenters. The third-order valence-electron chi connectivity index (χ3n) is 3.70. The van der Waals surface area contributed by atoms with Gasteiger partial charge < -0.3 is 5.73 Å². The van der Waals surface area contributed by atoms with Gasteiger partial charge in [-0.2, -0.15) is 0 Å². The molecule has 2 rings (SSSR count). The lowest BCUT2D eigenvalue weighted by Crippen LogP contribution is -2.44. The predicted molar refractivity (Wildman–Crippen MR) is 86.5 cm³/mol. The minimum Gasteiger partial charge on any atom is -0.330 e. The Morgan fingerprint density at radius 2 is 2.00 bits per heavy atom. The molecule has 1 aliphatic carbocycles. The van der Waals surface area contributed by atoms with Crippen molar-refractivity contribution in [2.24, 2.45) is 11.7 Å². The number of hydrogen-bond donors (Lipinski definition) is 2. The van der Waals surface area contributed by atoms with E-state index in [-0.39, 0.29) is 29.3 Å². The molecule has 0 radical (unpaired) electrons. The Kier molecular flexibility index (Phi) is 7.06. The summed E-state index contributed by atoms with van der Waals surface area (Å²) in [7, 11) is -3.85. The summed E-state index contributed by atoms with van der Waals surface area (Å²) in [5, 5.41) is 0. The van der Waals surface area contributed by atoms with Gasteiger partial charge in [-0.3, -0.25) is 0 Å². The van der Waals surface area contributed by atoms with Gasteiger partial charge in [-0.25, -0.2) is 17.5 Å². The van der Waals surface area contributed by atoms with Gasteiger partial charge in [-0.15, -0.1) is 12.4 Å². The van der Waals surface area contributed by atoms with Crippen LogP contribution in [0.4, 0.5) is 4.39 Å². The van der Waals surface area contributed by atoms with Crippen molar-refractivity contribution >= 4 is 38.4 Å². The Bertz CT molecular complexity index is 586. The Morgan fingerprint density at radius 1 is 1.33 bits per heavy atom. The lowest BCUT2D eigenvalue weighted by molar-refractivity contribution is 0.296. The first-order chi connectivity index (χ1) is 9.44. The lowest BCUT2D eigenvalue weighted by atomic mass is 9.85. The standard InChI is InChI=1S/C13H18BrFN2O2S.ClH/c14-10-5-6-13(11(15)7-10)20(18,19)17-12-4-2-1-3-9(12)8-16;/h5-7,9,12,17H,1-4,8,16H2;1H. The van der Waals surface area contributed by atoms with Gasteiger partial charge in [-0.1, -0.05) is 28.8 Å². The summed E-state index contributed by atoms with van der Waals surface area (Å²) in [6, 6.07) is 3.72. The van der Waals surface area contributed by atoms with E-state index in [1.54, 1.807) is 0 Å². The van der Waals surface area contributed by atoms with Crippen LogP contribution in [0.15, 0.2) is 27.6 Å². The molecule has 0 bridgehead atoms. The number of benzene rings is 1. The summed E-state index contributed by atoms with van der Waals surface area (Å²) in [5.41, 5.74) is 5.69. The van der Waals surface area contributed by atoms with Crippen molar-refractivity contribution in [2.75, 3.05) is 6.54 Å². The molecule has 1 aromatic carbocycles. The number of sulfonamides is 1. The van der Waals surface area contributed by atoms with Gasteiger partial charge in [0.1, 0.15) is 10.7 Å². The Labute approximate surface area is 139 Å². The molecule has 21 heavy (non-hydrogen) atoms. The Morgan fingerprint density at radius 3 is 2.62 bits per heavy atom. The van der Waals surface area contributed by atoms with E-state index in [0.717, 1.165) is 31.7 Å². The highest BCUT2D eigenvalue weighted by atomic mass is 79.9. The van der Waals surface area contributed by atoms with E-state index in [1.807, 2.05) is 0 Å². The van der Waals surface area contributed by atoms with E-state index in [4.69, 9.17) is 5.73 Å². The Balaban J connectivity index is 0.00000220. The highest BCUT2D eigenvalue weighted by Gasteiger charge is 2.29. The molecule has 0 aromatic heterocycles. The van der Waals surface area contributed by atoms with E-state index >= 15 is 0 Å². The average molecular weight is 402 g/mol. The van der Waals surface area contributed by atoms with Crippen molar-refractivity contribution in [2.45, 2.75) is 36.6 Å². The van der Waals surface area contributed by atoms with Crippen molar-refractivity contribution in [3.8, 4) is 0 Å². The summed E-state index contributed by atoms with van der Waals surface area (Å²) in [5.74, 6) is -0.635. The smallest absolute Gasteiger partial charge is 0.243 e. The largest absolute Gasteiger partial charge is 0.330 e. The lowest BCUT2D eigenvalue weighted by Gasteiger charge is -2.31. The first-order valence-corrected chi connectivity index (χ1v) is 8.89. The number of rotatable bonds is 4. The Hall–Kier alpha value is -0.210. The zero-order valence-electron chi connectivity index (χ0n) is 11.4. The monoisotopic (exact) mass is 400 g/mol. The van der Waals surface area contributed by atoms with E-state index in [1.165, 1.54) is 12.1 Å². The molecular formula is C13H19BrClFN2O2S. The third-order valence-corrected chi connectivity index (χ3v) is 5.72. The van der Waals surface area contributed by atoms with Gasteiger partial charge in [0.25, 0.3) is 0 Å². The molecule has 0 saturated heterocycles. The molecule has 1 fully saturated rings. The van der Waals surface area contributed by atoms with Crippen molar-refractivity contribution in [3.05, 3.63) is 28.5 Å². The summed E-state index contributed by atoms with van der Waals surface area (Å²) in [4.78, 5) is -0.318.